The molecule has 1 aliphatic heterocycles. The van der Waals surface area contributed by atoms with Crippen molar-refractivity contribution in [3.05, 3.63) is 112 Å². The Kier molecular flexibility index (Phi) is 8.27. The van der Waals surface area contributed by atoms with Gasteiger partial charge in [0.2, 0.25) is 5.91 Å². The molecule has 0 unspecified atom stereocenters. The van der Waals surface area contributed by atoms with Gasteiger partial charge in [0.15, 0.2) is 5.11 Å². The zero-order chi connectivity index (χ0) is 29.3. The van der Waals surface area contributed by atoms with Crippen LogP contribution in [0, 0.1) is 34.6 Å². The fourth-order valence-electron chi connectivity index (χ4n) is 6.33. The van der Waals surface area contributed by atoms with Gasteiger partial charge in [-0.1, -0.05) is 48.9 Å². The molecule has 0 saturated carbocycles. The van der Waals surface area contributed by atoms with E-state index in [1.807, 2.05) is 42.6 Å². The monoisotopic (exact) mass is 565 g/mol. The normalized spacial score (nSPS) is 16.6. The van der Waals surface area contributed by atoms with Crippen LogP contribution in [0.2, 0.25) is 0 Å². The minimum atomic E-state index is -0.137. The van der Waals surface area contributed by atoms with Crippen LogP contribution in [0.1, 0.15) is 70.3 Å². The van der Waals surface area contributed by atoms with Gasteiger partial charge in [0.05, 0.1) is 23.5 Å². The smallest absolute Gasteiger partial charge is 0.226 e. The van der Waals surface area contributed by atoms with Gasteiger partial charge in [0.1, 0.15) is 0 Å². The molecular weight excluding hydrogens is 526 g/mol. The highest BCUT2D eigenvalue weighted by molar-refractivity contribution is 7.80. The van der Waals surface area contributed by atoms with Crippen molar-refractivity contribution in [2.75, 3.05) is 11.9 Å². The molecule has 2 aromatic heterocycles. The van der Waals surface area contributed by atoms with Gasteiger partial charge in [0.25, 0.3) is 0 Å². The molecule has 41 heavy (non-hydrogen) atoms. The number of pyridine rings is 1. The second kappa shape index (κ2) is 11.9. The van der Waals surface area contributed by atoms with Gasteiger partial charge in [-0.05, 0) is 99.8 Å². The summed E-state index contributed by atoms with van der Waals surface area (Å²) >= 11 is 5.90. The highest BCUT2D eigenvalue weighted by Crippen LogP contribution is 2.42. The maximum absolute atomic E-state index is 13.1. The second-order valence-corrected chi connectivity index (χ2v) is 11.4. The average Bonchev–Trinajstić information content (AvgIpc) is 3.42. The summed E-state index contributed by atoms with van der Waals surface area (Å²) < 4.78 is 2.36. The van der Waals surface area contributed by atoms with Crippen molar-refractivity contribution in [3.63, 3.8) is 0 Å². The summed E-state index contributed by atoms with van der Waals surface area (Å²) in [6.07, 6.45) is 3.00. The first-order valence-corrected chi connectivity index (χ1v) is 14.7. The van der Waals surface area contributed by atoms with E-state index in [2.05, 4.69) is 85.9 Å². The minimum absolute atomic E-state index is 0.0230. The van der Waals surface area contributed by atoms with E-state index in [-0.39, 0.29) is 18.0 Å². The highest BCUT2D eigenvalue weighted by atomic mass is 32.1. The van der Waals surface area contributed by atoms with Gasteiger partial charge in [-0.3, -0.25) is 9.78 Å². The zero-order valence-electron chi connectivity index (χ0n) is 24.8. The lowest BCUT2D eigenvalue weighted by Gasteiger charge is -2.28. The summed E-state index contributed by atoms with van der Waals surface area (Å²) in [4.78, 5) is 20.0. The summed E-state index contributed by atoms with van der Waals surface area (Å²) in [5.41, 5.74) is 11.4. The Bertz CT molecular complexity index is 1570. The quantitative estimate of drug-likeness (QED) is 0.226. The summed E-state index contributed by atoms with van der Waals surface area (Å²) in [6.45, 7) is 13.4. The molecule has 212 valence electrons. The third-order valence-electron chi connectivity index (χ3n) is 8.10. The van der Waals surface area contributed by atoms with Crippen molar-refractivity contribution in [2.24, 2.45) is 0 Å². The van der Waals surface area contributed by atoms with Crippen LogP contribution in [-0.4, -0.2) is 32.0 Å². The fraction of sp³-hybridized carbons (Fsp3) is 0.324. The van der Waals surface area contributed by atoms with Gasteiger partial charge in [-0.2, -0.15) is 0 Å². The van der Waals surface area contributed by atoms with E-state index in [0.717, 1.165) is 23.4 Å². The number of aromatic nitrogens is 2. The van der Waals surface area contributed by atoms with Crippen LogP contribution < -0.4 is 10.6 Å². The van der Waals surface area contributed by atoms with E-state index < -0.39 is 0 Å². The van der Waals surface area contributed by atoms with Gasteiger partial charge in [-0.15, -0.1) is 0 Å². The number of aryl methyl sites for hydroxylation is 5. The van der Waals surface area contributed by atoms with E-state index in [0.29, 0.717) is 18.1 Å². The molecule has 6 nitrogen and oxygen atoms in total. The molecule has 1 saturated heterocycles. The number of hydrogen-bond donors (Lipinski definition) is 2. The Morgan fingerprint density at radius 3 is 2.39 bits per heavy atom. The van der Waals surface area contributed by atoms with Crippen LogP contribution in [-0.2, 0) is 11.2 Å². The summed E-state index contributed by atoms with van der Waals surface area (Å²) in [5.74, 6) is -0.0230. The van der Waals surface area contributed by atoms with Crippen molar-refractivity contribution >= 4 is 28.9 Å². The van der Waals surface area contributed by atoms with Crippen molar-refractivity contribution in [3.8, 4) is 5.69 Å². The topological polar surface area (TPSA) is 62.2 Å². The Morgan fingerprint density at radius 1 is 1.00 bits per heavy atom. The first-order valence-electron chi connectivity index (χ1n) is 14.3. The summed E-state index contributed by atoms with van der Waals surface area (Å²) in [5, 5.41) is 7.29. The van der Waals surface area contributed by atoms with Crippen molar-refractivity contribution < 1.29 is 4.79 Å². The van der Waals surface area contributed by atoms with Crippen LogP contribution in [0.25, 0.3) is 5.69 Å². The van der Waals surface area contributed by atoms with Crippen LogP contribution in [0.4, 0.5) is 5.69 Å². The summed E-state index contributed by atoms with van der Waals surface area (Å²) in [7, 11) is 0. The Hall–Kier alpha value is -3.97. The molecule has 1 fully saturated rings. The minimum Gasteiger partial charge on any atom is -0.352 e. The number of carbonyl (C=O) groups excluding carboxylic acids is 1. The van der Waals surface area contributed by atoms with Gasteiger partial charge in [0, 0.05) is 36.2 Å². The van der Waals surface area contributed by atoms with Gasteiger partial charge >= 0.3 is 0 Å². The largest absolute Gasteiger partial charge is 0.352 e. The van der Waals surface area contributed by atoms with Crippen LogP contribution in [0.3, 0.4) is 0 Å². The lowest BCUT2D eigenvalue weighted by atomic mass is 9.96. The van der Waals surface area contributed by atoms with E-state index in [9.17, 15) is 4.79 Å². The van der Waals surface area contributed by atoms with Crippen molar-refractivity contribution in [1.29, 1.82) is 0 Å². The highest BCUT2D eigenvalue weighted by Gasteiger charge is 2.41. The van der Waals surface area contributed by atoms with Crippen LogP contribution in [0.15, 0.2) is 66.9 Å². The number of benzene rings is 2. The molecule has 0 bridgehead atoms. The predicted molar refractivity (Wildman–Crippen MR) is 171 cm³/mol. The molecule has 5 rings (SSSR count). The molecular formula is C34H39N5OS. The molecule has 0 radical (unpaired) electrons. The molecule has 1 amide bonds. The van der Waals surface area contributed by atoms with E-state index in [4.69, 9.17) is 17.2 Å². The first kappa shape index (κ1) is 28.6. The van der Waals surface area contributed by atoms with E-state index in [1.165, 1.54) is 39.3 Å². The molecule has 0 spiro atoms. The van der Waals surface area contributed by atoms with E-state index in [1.54, 1.807) is 0 Å². The molecule has 2 aromatic carbocycles. The van der Waals surface area contributed by atoms with Gasteiger partial charge in [-0.25, -0.2) is 0 Å². The molecule has 7 heteroatoms. The number of thiocarbonyl (C=S) groups is 1. The lowest BCUT2D eigenvalue weighted by molar-refractivity contribution is -0.116. The predicted octanol–water partition coefficient (Wildman–Crippen LogP) is 6.98. The maximum Gasteiger partial charge on any atom is 0.226 e. The zero-order valence-corrected chi connectivity index (χ0v) is 25.6. The number of para-hydroxylation sites is 1. The molecule has 2 atom stereocenters. The third-order valence-corrected chi connectivity index (χ3v) is 8.45. The number of carbonyl (C=O) groups is 1. The SMILES string of the molecule is CCc1ccccc1NC(=O)CCN1C(=S)N[C@@H](c2ccccn2)[C@@H]1c1cc(C)n(-c2c(C)cc(C)cc2C)c1C. The standard InChI is InChI=1S/C34H39N5OS/c1-7-26-12-8-9-13-28(26)36-30(40)15-17-38-33(31(37-34(38)41)29-14-10-11-16-35-29)27-20-24(5)39(25(27)6)32-22(3)18-21(2)19-23(32)4/h8-14,16,18-20,31,33H,7,15,17H2,1-6H3,(H,36,40)(H,37,41)/t31-,33-/m0/s1. The maximum atomic E-state index is 13.1. The Labute approximate surface area is 248 Å². The fourth-order valence-corrected chi connectivity index (χ4v) is 6.66. The first-order chi connectivity index (χ1) is 19.7. The van der Waals surface area contributed by atoms with Crippen LogP contribution >= 0.6 is 12.2 Å². The molecule has 1 aliphatic rings. The number of hydrogen-bond acceptors (Lipinski definition) is 3. The summed E-state index contributed by atoms with van der Waals surface area (Å²) in [6, 6.07) is 20.4. The van der Waals surface area contributed by atoms with Crippen molar-refractivity contribution in [1.82, 2.24) is 19.8 Å². The number of amides is 1. The lowest BCUT2D eigenvalue weighted by Crippen LogP contribution is -2.33. The molecule has 4 aromatic rings. The van der Waals surface area contributed by atoms with Crippen LogP contribution in [0.5, 0.6) is 0 Å². The molecule has 3 heterocycles. The van der Waals surface area contributed by atoms with Crippen molar-refractivity contribution in [2.45, 2.75) is 66.5 Å². The number of anilines is 1. The van der Waals surface area contributed by atoms with Gasteiger partial charge < -0.3 is 20.1 Å². The molecule has 0 aliphatic carbocycles. The average molecular weight is 566 g/mol. The van der Waals surface area contributed by atoms with E-state index >= 15 is 0 Å². The second-order valence-electron chi connectivity index (χ2n) is 11.0. The number of rotatable bonds is 8. The molecule has 2 N–H and O–H groups in total. The Balaban J connectivity index is 1.50. The third kappa shape index (κ3) is 5.64. The number of nitrogens with zero attached hydrogens (tertiary/aromatic N) is 3. The number of nitrogens with one attached hydrogen (secondary N) is 2. The Morgan fingerprint density at radius 2 is 1.71 bits per heavy atom.